The fraction of sp³-hybridized carbons (Fsp3) is 0. The fourth-order valence-electron chi connectivity index (χ4n) is 2.85. The molecule has 31 heavy (non-hydrogen) atoms. The van der Waals surface area contributed by atoms with Crippen LogP contribution in [0.5, 0.6) is 0 Å². The predicted molar refractivity (Wildman–Crippen MR) is 128 cm³/mol. The first-order chi connectivity index (χ1) is 14.9. The minimum absolute atomic E-state index is 0.271. The third kappa shape index (κ3) is 5.25. The van der Waals surface area contributed by atoms with Crippen molar-refractivity contribution >= 4 is 44.7 Å². The van der Waals surface area contributed by atoms with Gasteiger partial charge in [0.2, 0.25) is 9.84 Å². The van der Waals surface area contributed by atoms with Crippen molar-refractivity contribution in [3.8, 4) is 0 Å². The second-order valence-electron chi connectivity index (χ2n) is 6.79. The molecule has 4 N–H and O–H groups in total. The van der Waals surface area contributed by atoms with E-state index in [4.69, 9.17) is 11.5 Å². The monoisotopic (exact) mass is 464 g/mol. The zero-order valence-corrected chi connectivity index (χ0v) is 18.9. The van der Waals surface area contributed by atoms with Gasteiger partial charge in [0, 0.05) is 31.0 Å². The van der Waals surface area contributed by atoms with Crippen molar-refractivity contribution in [3.63, 3.8) is 0 Å². The van der Waals surface area contributed by atoms with E-state index in [0.717, 1.165) is 19.6 Å². The molecule has 0 amide bonds. The van der Waals surface area contributed by atoms with E-state index < -0.39 is 9.84 Å². The van der Waals surface area contributed by atoms with Crippen molar-refractivity contribution in [3.05, 3.63) is 97.1 Å². The van der Waals surface area contributed by atoms with Crippen LogP contribution in [0.2, 0.25) is 0 Å². The lowest BCUT2D eigenvalue weighted by atomic mass is 10.3. The lowest BCUT2D eigenvalue weighted by Gasteiger charge is -2.08. The predicted octanol–water partition coefficient (Wildman–Crippen LogP) is 5.99. The highest BCUT2D eigenvalue weighted by atomic mass is 32.2. The van der Waals surface area contributed by atoms with Gasteiger partial charge in [-0.3, -0.25) is 0 Å². The van der Waals surface area contributed by atoms with E-state index in [2.05, 4.69) is 0 Å². The van der Waals surface area contributed by atoms with E-state index in [-0.39, 0.29) is 9.79 Å². The highest BCUT2D eigenvalue weighted by Crippen LogP contribution is 2.32. The normalized spacial score (nSPS) is 11.4. The Balaban J connectivity index is 1.48. The molecule has 4 aromatic carbocycles. The maximum Gasteiger partial charge on any atom is 0.206 e. The molecular weight excluding hydrogens is 444 g/mol. The van der Waals surface area contributed by atoms with Gasteiger partial charge in [-0.2, -0.15) is 0 Å². The van der Waals surface area contributed by atoms with Gasteiger partial charge in [-0.15, -0.1) is 0 Å². The van der Waals surface area contributed by atoms with Crippen LogP contribution in [-0.4, -0.2) is 8.42 Å². The Bertz CT molecular complexity index is 1170. The van der Waals surface area contributed by atoms with Crippen LogP contribution in [0.15, 0.2) is 126 Å². The third-order valence-corrected chi connectivity index (χ3v) is 8.32. The lowest BCUT2D eigenvalue weighted by Crippen LogP contribution is -2.01. The van der Waals surface area contributed by atoms with Crippen LogP contribution in [0.25, 0.3) is 0 Å². The largest absolute Gasteiger partial charge is 0.399 e. The molecule has 0 bridgehead atoms. The van der Waals surface area contributed by atoms with E-state index in [1.165, 1.54) is 0 Å². The van der Waals surface area contributed by atoms with Crippen molar-refractivity contribution in [2.75, 3.05) is 11.5 Å². The van der Waals surface area contributed by atoms with Crippen molar-refractivity contribution in [1.82, 2.24) is 0 Å². The van der Waals surface area contributed by atoms with Gasteiger partial charge in [0.25, 0.3) is 0 Å². The Morgan fingerprint density at radius 3 is 1.00 bits per heavy atom. The van der Waals surface area contributed by atoms with Crippen LogP contribution in [-0.2, 0) is 9.84 Å². The molecule has 0 radical (unpaired) electrons. The van der Waals surface area contributed by atoms with Crippen molar-refractivity contribution in [2.24, 2.45) is 0 Å². The summed E-state index contributed by atoms with van der Waals surface area (Å²) in [6.07, 6.45) is 0. The summed E-state index contributed by atoms with van der Waals surface area (Å²) in [6, 6.07) is 29.0. The van der Waals surface area contributed by atoms with Crippen LogP contribution < -0.4 is 11.5 Å². The minimum atomic E-state index is -3.58. The molecule has 4 nitrogen and oxygen atoms in total. The molecule has 0 heterocycles. The number of nitrogens with two attached hydrogens (primary N) is 2. The zero-order valence-electron chi connectivity index (χ0n) is 16.4. The Labute approximate surface area is 190 Å². The molecule has 156 valence electrons. The second kappa shape index (κ2) is 9.09. The number of hydrogen-bond acceptors (Lipinski definition) is 6. The van der Waals surface area contributed by atoms with Crippen LogP contribution in [0, 0.1) is 0 Å². The first-order valence-corrected chi connectivity index (χ1v) is 12.5. The van der Waals surface area contributed by atoms with Gasteiger partial charge in [-0.1, -0.05) is 23.5 Å². The summed E-state index contributed by atoms with van der Waals surface area (Å²) in [4.78, 5) is 4.54. The van der Waals surface area contributed by atoms with Gasteiger partial charge in [0.1, 0.15) is 0 Å². The molecule has 0 saturated heterocycles. The van der Waals surface area contributed by atoms with Gasteiger partial charge in [-0.25, -0.2) is 8.42 Å². The summed E-state index contributed by atoms with van der Waals surface area (Å²) in [5.41, 5.74) is 12.9. The molecule has 0 aromatic heterocycles. The Morgan fingerprint density at radius 1 is 0.452 bits per heavy atom. The Morgan fingerprint density at radius 2 is 0.710 bits per heavy atom. The third-order valence-electron chi connectivity index (χ3n) is 4.50. The van der Waals surface area contributed by atoms with Crippen molar-refractivity contribution < 1.29 is 8.42 Å². The summed E-state index contributed by atoms with van der Waals surface area (Å²) in [7, 11) is -3.58. The number of hydrogen-bond donors (Lipinski definition) is 2. The molecule has 0 saturated carbocycles. The molecule has 0 spiro atoms. The summed E-state index contributed by atoms with van der Waals surface area (Å²) in [5.74, 6) is 0. The molecular formula is C24H20N2O2S3. The molecule has 4 aromatic rings. The maximum atomic E-state index is 13.0. The minimum Gasteiger partial charge on any atom is -0.399 e. The molecule has 0 aliphatic carbocycles. The Kier molecular flexibility index (Phi) is 6.27. The summed E-state index contributed by atoms with van der Waals surface area (Å²) in [5, 5.41) is 0. The number of benzene rings is 4. The van der Waals surface area contributed by atoms with Crippen molar-refractivity contribution in [1.29, 1.82) is 0 Å². The van der Waals surface area contributed by atoms with E-state index in [1.807, 2.05) is 72.8 Å². The fourth-order valence-corrected chi connectivity index (χ4v) is 5.75. The molecule has 0 atom stereocenters. The van der Waals surface area contributed by atoms with Gasteiger partial charge in [-0.05, 0) is 97.1 Å². The molecule has 7 heteroatoms. The number of sulfone groups is 1. The maximum absolute atomic E-state index is 13.0. The quantitative estimate of drug-likeness (QED) is 0.341. The highest BCUT2D eigenvalue weighted by Gasteiger charge is 2.17. The van der Waals surface area contributed by atoms with Gasteiger partial charge in [0.05, 0.1) is 9.79 Å². The van der Waals surface area contributed by atoms with Gasteiger partial charge < -0.3 is 11.5 Å². The zero-order chi connectivity index (χ0) is 21.8. The number of rotatable bonds is 6. The van der Waals surface area contributed by atoms with E-state index in [0.29, 0.717) is 11.4 Å². The summed E-state index contributed by atoms with van der Waals surface area (Å²) in [6.45, 7) is 0. The average molecular weight is 465 g/mol. The molecule has 0 aliphatic rings. The second-order valence-corrected chi connectivity index (χ2v) is 11.0. The molecule has 4 rings (SSSR count). The Hall–Kier alpha value is -2.87. The smallest absolute Gasteiger partial charge is 0.206 e. The first kappa shape index (κ1) is 21.4. The summed E-state index contributed by atoms with van der Waals surface area (Å²) >= 11 is 3.11. The summed E-state index contributed by atoms with van der Waals surface area (Å²) < 4.78 is 26.0. The van der Waals surface area contributed by atoms with Crippen LogP contribution >= 0.6 is 23.5 Å². The van der Waals surface area contributed by atoms with E-state index in [1.54, 1.807) is 47.8 Å². The standard InChI is InChI=1S/C24H20N2O2S3/c25-17-1-5-19(6-2-17)29-21-9-13-23(14-10-21)31(27,28)24-15-11-22(12-16-24)30-20-7-3-18(26)4-8-20/h1-16H,25-26H2. The lowest BCUT2D eigenvalue weighted by molar-refractivity contribution is 0.596. The van der Waals surface area contributed by atoms with E-state index >= 15 is 0 Å². The van der Waals surface area contributed by atoms with Crippen LogP contribution in [0.3, 0.4) is 0 Å². The number of nitrogen functional groups attached to an aromatic ring is 2. The number of anilines is 2. The average Bonchev–Trinajstić information content (AvgIpc) is 2.78. The van der Waals surface area contributed by atoms with Crippen molar-refractivity contribution in [2.45, 2.75) is 29.4 Å². The SMILES string of the molecule is Nc1ccc(Sc2ccc(S(=O)(=O)c3ccc(Sc4ccc(N)cc4)cc3)cc2)cc1. The first-order valence-electron chi connectivity index (χ1n) is 9.42. The van der Waals surface area contributed by atoms with E-state index in [9.17, 15) is 8.42 Å². The van der Waals surface area contributed by atoms with Gasteiger partial charge >= 0.3 is 0 Å². The molecule has 0 aliphatic heterocycles. The topological polar surface area (TPSA) is 86.2 Å². The van der Waals surface area contributed by atoms with Gasteiger partial charge in [0.15, 0.2) is 0 Å². The van der Waals surface area contributed by atoms with Crippen LogP contribution in [0.1, 0.15) is 0 Å². The van der Waals surface area contributed by atoms with Crippen LogP contribution in [0.4, 0.5) is 11.4 Å². The highest BCUT2D eigenvalue weighted by molar-refractivity contribution is 7.99. The molecule has 0 unspecified atom stereocenters. The molecule has 0 fully saturated rings.